The number of carbonyl (C=O) groups is 2. The number of carbonyl (C=O) groups excluding carboxylic acids is 2. The maximum absolute atomic E-state index is 11.9. The van der Waals surface area contributed by atoms with Gasteiger partial charge >= 0.3 is 0 Å². The highest BCUT2D eigenvalue weighted by molar-refractivity contribution is 6.50. The van der Waals surface area contributed by atoms with Crippen LogP contribution in [0.2, 0.25) is 0 Å². The summed E-state index contributed by atoms with van der Waals surface area (Å²) in [5.74, 6) is -0.873. The molecular formula is C15H16N2O2. The molecule has 2 heterocycles. The van der Waals surface area contributed by atoms with Gasteiger partial charge in [-0.2, -0.15) is 0 Å². The molecule has 3 rings (SSSR count). The summed E-state index contributed by atoms with van der Waals surface area (Å²) >= 11 is 0. The molecule has 0 spiro atoms. The number of likely N-dealkylation sites (tertiary alicyclic amines) is 1. The number of Topliss-reactive ketones (excluding diaryl/α,β-unsaturated/α-hetero) is 1. The zero-order valence-electron chi connectivity index (χ0n) is 11.0. The molecule has 1 fully saturated rings. The number of nitrogens with zero attached hydrogens (tertiary/aromatic N) is 2. The van der Waals surface area contributed by atoms with Crippen molar-refractivity contribution in [1.29, 1.82) is 0 Å². The van der Waals surface area contributed by atoms with Gasteiger partial charge in [-0.25, -0.2) is 0 Å². The molecule has 0 radical (unpaired) electrons. The maximum atomic E-state index is 11.9. The molecule has 4 heteroatoms. The van der Waals surface area contributed by atoms with E-state index in [1.807, 2.05) is 13.0 Å². The van der Waals surface area contributed by atoms with Crippen molar-refractivity contribution in [3.8, 4) is 0 Å². The van der Waals surface area contributed by atoms with Gasteiger partial charge in [-0.15, -0.1) is 0 Å². The molecule has 0 N–H and O–H groups in total. The van der Waals surface area contributed by atoms with Crippen LogP contribution in [0.5, 0.6) is 0 Å². The highest BCUT2D eigenvalue weighted by atomic mass is 16.2. The van der Waals surface area contributed by atoms with Gasteiger partial charge in [0.15, 0.2) is 0 Å². The van der Waals surface area contributed by atoms with Crippen molar-refractivity contribution in [2.75, 3.05) is 13.1 Å². The Morgan fingerprint density at radius 1 is 1.11 bits per heavy atom. The molecule has 1 aromatic heterocycles. The fourth-order valence-electron chi connectivity index (χ4n) is 2.75. The summed E-state index contributed by atoms with van der Waals surface area (Å²) in [5, 5.41) is 0. The van der Waals surface area contributed by atoms with E-state index >= 15 is 0 Å². The first kappa shape index (κ1) is 12.1. The lowest BCUT2D eigenvalue weighted by Crippen LogP contribution is -2.32. The largest absolute Gasteiger partial charge is 0.371 e. The highest BCUT2D eigenvalue weighted by Crippen LogP contribution is 2.30. The van der Waals surface area contributed by atoms with Gasteiger partial charge in [-0.1, -0.05) is 0 Å². The van der Waals surface area contributed by atoms with Crippen LogP contribution in [0.15, 0.2) is 18.3 Å². The summed E-state index contributed by atoms with van der Waals surface area (Å²) in [4.78, 5) is 30.1. The Labute approximate surface area is 112 Å². The second-order valence-corrected chi connectivity index (χ2v) is 5.14. The van der Waals surface area contributed by atoms with E-state index in [0.29, 0.717) is 5.56 Å². The smallest absolute Gasteiger partial charge is 0.235 e. The number of ketones is 2. The van der Waals surface area contributed by atoms with Crippen molar-refractivity contribution < 1.29 is 9.59 Å². The number of hydrogen-bond donors (Lipinski definition) is 0. The van der Waals surface area contributed by atoms with Crippen molar-refractivity contribution in [3.05, 3.63) is 35.2 Å². The summed E-state index contributed by atoms with van der Waals surface area (Å²) in [7, 11) is 0. The van der Waals surface area contributed by atoms with Crippen molar-refractivity contribution >= 4 is 17.3 Å². The average molecular weight is 256 g/mol. The van der Waals surface area contributed by atoms with Crippen LogP contribution in [0.4, 0.5) is 0 Å². The molecule has 2 aliphatic rings. The van der Waals surface area contributed by atoms with E-state index in [2.05, 4.69) is 9.88 Å². The minimum atomic E-state index is -0.441. The molecule has 0 amide bonds. The Kier molecular flexibility index (Phi) is 2.93. The number of fused-ring (bicyclic) bond motifs is 1. The van der Waals surface area contributed by atoms with Gasteiger partial charge < -0.3 is 4.90 Å². The Bertz CT molecular complexity index is 584. The molecule has 0 atom stereocenters. The van der Waals surface area contributed by atoms with Crippen LogP contribution in [-0.4, -0.2) is 34.5 Å². The second kappa shape index (κ2) is 4.61. The van der Waals surface area contributed by atoms with Crippen LogP contribution in [0.25, 0.3) is 5.70 Å². The quantitative estimate of drug-likeness (QED) is 0.721. The predicted octanol–water partition coefficient (Wildman–Crippen LogP) is 1.98. The number of piperidine rings is 1. The van der Waals surface area contributed by atoms with Crippen molar-refractivity contribution in [2.45, 2.75) is 26.2 Å². The Balaban J connectivity index is 2.08. The Morgan fingerprint density at radius 2 is 1.84 bits per heavy atom. The number of aryl methyl sites for hydroxylation is 1. The van der Waals surface area contributed by atoms with Crippen LogP contribution >= 0.6 is 0 Å². The Morgan fingerprint density at radius 3 is 2.58 bits per heavy atom. The summed E-state index contributed by atoms with van der Waals surface area (Å²) in [6.45, 7) is 3.80. The lowest BCUT2D eigenvalue weighted by Gasteiger charge is -2.33. The summed E-state index contributed by atoms with van der Waals surface area (Å²) in [6, 6.07) is 1.90. The molecule has 0 aromatic carbocycles. The monoisotopic (exact) mass is 256 g/mol. The Hall–Kier alpha value is -1.97. The normalized spacial score (nSPS) is 19.2. The van der Waals surface area contributed by atoms with E-state index in [9.17, 15) is 9.59 Å². The lowest BCUT2D eigenvalue weighted by atomic mass is 9.92. The van der Waals surface area contributed by atoms with Crippen molar-refractivity contribution in [3.63, 3.8) is 0 Å². The first-order chi connectivity index (χ1) is 9.16. The molecule has 4 nitrogen and oxygen atoms in total. The number of rotatable bonds is 1. The van der Waals surface area contributed by atoms with Crippen LogP contribution in [-0.2, 0) is 4.79 Å². The van der Waals surface area contributed by atoms with Crippen LogP contribution in [0.3, 0.4) is 0 Å². The summed E-state index contributed by atoms with van der Waals surface area (Å²) in [5.41, 5.74) is 3.06. The lowest BCUT2D eigenvalue weighted by molar-refractivity contribution is -0.111. The van der Waals surface area contributed by atoms with Crippen LogP contribution in [0.1, 0.15) is 40.9 Å². The third-order valence-electron chi connectivity index (χ3n) is 3.75. The molecular weight excluding hydrogens is 240 g/mol. The van der Waals surface area contributed by atoms with Crippen LogP contribution in [0, 0.1) is 6.92 Å². The first-order valence-electron chi connectivity index (χ1n) is 6.69. The van der Waals surface area contributed by atoms with E-state index in [1.165, 1.54) is 18.7 Å². The number of aromatic nitrogens is 1. The maximum Gasteiger partial charge on any atom is 0.235 e. The van der Waals surface area contributed by atoms with Crippen molar-refractivity contribution in [1.82, 2.24) is 9.88 Å². The zero-order chi connectivity index (χ0) is 13.4. The van der Waals surface area contributed by atoms with Gasteiger partial charge in [0, 0.05) is 42.3 Å². The third kappa shape index (κ3) is 2.07. The topological polar surface area (TPSA) is 50.3 Å². The minimum absolute atomic E-state index is 0.432. The third-order valence-corrected chi connectivity index (χ3v) is 3.75. The molecule has 0 unspecified atom stereocenters. The van der Waals surface area contributed by atoms with Gasteiger partial charge in [0.05, 0.1) is 5.56 Å². The second-order valence-electron chi connectivity index (χ2n) is 5.14. The standard InChI is InChI=1S/C15H16N2O2/c1-10-7-11-12(9-16-10)15(19)14(18)8-13(11)17-5-3-2-4-6-17/h7-9H,2-6H2,1H3. The molecule has 1 aromatic rings. The predicted molar refractivity (Wildman–Crippen MR) is 71.7 cm³/mol. The average Bonchev–Trinajstić information content (AvgIpc) is 2.43. The summed E-state index contributed by atoms with van der Waals surface area (Å²) in [6.07, 6.45) is 6.54. The number of pyridine rings is 1. The molecule has 98 valence electrons. The van der Waals surface area contributed by atoms with E-state index in [0.717, 1.165) is 42.9 Å². The summed E-state index contributed by atoms with van der Waals surface area (Å²) < 4.78 is 0. The minimum Gasteiger partial charge on any atom is -0.371 e. The molecule has 0 saturated carbocycles. The SMILES string of the molecule is Cc1cc2c(cn1)C(=O)C(=O)C=C2N1CCCCC1. The molecule has 19 heavy (non-hydrogen) atoms. The number of hydrogen-bond acceptors (Lipinski definition) is 4. The van der Waals surface area contributed by atoms with Gasteiger partial charge in [0.1, 0.15) is 0 Å². The van der Waals surface area contributed by atoms with Gasteiger partial charge in [0.2, 0.25) is 11.6 Å². The van der Waals surface area contributed by atoms with E-state index in [-0.39, 0.29) is 0 Å². The molecule has 0 bridgehead atoms. The molecule has 1 saturated heterocycles. The zero-order valence-corrected chi connectivity index (χ0v) is 11.0. The van der Waals surface area contributed by atoms with Gasteiger partial charge in [-0.3, -0.25) is 14.6 Å². The van der Waals surface area contributed by atoms with Gasteiger partial charge in [0.25, 0.3) is 0 Å². The van der Waals surface area contributed by atoms with Crippen LogP contribution < -0.4 is 0 Å². The van der Waals surface area contributed by atoms with E-state index in [4.69, 9.17) is 0 Å². The van der Waals surface area contributed by atoms with Crippen molar-refractivity contribution in [2.24, 2.45) is 0 Å². The fraction of sp³-hybridized carbons (Fsp3) is 0.400. The van der Waals surface area contributed by atoms with Gasteiger partial charge in [-0.05, 0) is 32.3 Å². The molecule has 1 aliphatic carbocycles. The van der Waals surface area contributed by atoms with E-state index in [1.54, 1.807) is 0 Å². The highest BCUT2D eigenvalue weighted by Gasteiger charge is 2.29. The number of allylic oxidation sites excluding steroid dienone is 1. The van der Waals surface area contributed by atoms with E-state index < -0.39 is 11.6 Å². The molecule has 1 aliphatic heterocycles. The first-order valence-corrected chi connectivity index (χ1v) is 6.69. The fourth-order valence-corrected chi connectivity index (χ4v) is 2.75.